The van der Waals surface area contributed by atoms with Crippen molar-refractivity contribution >= 4 is 34.8 Å². The van der Waals surface area contributed by atoms with Crippen LogP contribution in [0.15, 0.2) is 36.4 Å². The average molecular weight is 302 g/mol. The van der Waals surface area contributed by atoms with Gasteiger partial charge in [0.15, 0.2) is 0 Å². The molecule has 2 aromatic rings. The van der Waals surface area contributed by atoms with Gasteiger partial charge < -0.3 is 5.11 Å². The summed E-state index contributed by atoms with van der Waals surface area (Å²) in [5.41, 5.74) is 2.09. The molecule has 0 heterocycles. The van der Waals surface area contributed by atoms with Gasteiger partial charge in [-0.1, -0.05) is 53.0 Å². The van der Waals surface area contributed by atoms with Crippen LogP contribution in [0.3, 0.4) is 0 Å². The Balaban J connectivity index is 2.51. The molecule has 1 nitrogen and oxygen atoms in total. The Kier molecular flexibility index (Phi) is 4.18. The standard InChI is InChI=1S/C14H11Cl3O/c1-8-3-2-4-10(13(8)17)14(18)11-7-9(15)5-6-12(11)16/h2-7,14,18H,1H3. The van der Waals surface area contributed by atoms with Crippen molar-refractivity contribution in [1.29, 1.82) is 0 Å². The van der Waals surface area contributed by atoms with Crippen LogP contribution in [-0.2, 0) is 0 Å². The Morgan fingerprint density at radius 1 is 1.00 bits per heavy atom. The van der Waals surface area contributed by atoms with E-state index in [1.165, 1.54) is 0 Å². The van der Waals surface area contributed by atoms with Crippen LogP contribution >= 0.6 is 34.8 Å². The molecule has 0 aliphatic rings. The highest BCUT2D eigenvalue weighted by Gasteiger charge is 2.17. The van der Waals surface area contributed by atoms with Gasteiger partial charge in [-0.2, -0.15) is 0 Å². The van der Waals surface area contributed by atoms with Gasteiger partial charge in [0.1, 0.15) is 6.10 Å². The van der Waals surface area contributed by atoms with Crippen molar-refractivity contribution in [3.63, 3.8) is 0 Å². The monoisotopic (exact) mass is 300 g/mol. The summed E-state index contributed by atoms with van der Waals surface area (Å²) in [6.45, 7) is 1.89. The van der Waals surface area contributed by atoms with Crippen LogP contribution in [0.2, 0.25) is 15.1 Å². The lowest BCUT2D eigenvalue weighted by Crippen LogP contribution is -2.02. The first-order valence-corrected chi connectivity index (χ1v) is 6.52. The van der Waals surface area contributed by atoms with Gasteiger partial charge in [0.2, 0.25) is 0 Å². The van der Waals surface area contributed by atoms with E-state index >= 15 is 0 Å². The average Bonchev–Trinajstić information content (AvgIpc) is 2.35. The fraction of sp³-hybridized carbons (Fsp3) is 0.143. The van der Waals surface area contributed by atoms with Crippen molar-refractivity contribution in [2.45, 2.75) is 13.0 Å². The third-order valence-electron chi connectivity index (χ3n) is 2.77. The molecule has 0 radical (unpaired) electrons. The maximum Gasteiger partial charge on any atom is 0.107 e. The molecule has 0 spiro atoms. The molecule has 0 saturated heterocycles. The highest BCUT2D eigenvalue weighted by molar-refractivity contribution is 6.34. The first-order chi connectivity index (χ1) is 8.50. The van der Waals surface area contributed by atoms with Crippen LogP contribution in [0.25, 0.3) is 0 Å². The second kappa shape index (κ2) is 5.50. The van der Waals surface area contributed by atoms with Crippen LogP contribution < -0.4 is 0 Å². The van der Waals surface area contributed by atoms with E-state index < -0.39 is 6.10 Å². The van der Waals surface area contributed by atoms with E-state index in [9.17, 15) is 5.11 Å². The number of aryl methyl sites for hydroxylation is 1. The highest BCUT2D eigenvalue weighted by atomic mass is 35.5. The van der Waals surface area contributed by atoms with Crippen molar-refractivity contribution in [2.75, 3.05) is 0 Å². The molecule has 2 aromatic carbocycles. The molecule has 1 atom stereocenters. The molecule has 18 heavy (non-hydrogen) atoms. The van der Waals surface area contributed by atoms with Crippen LogP contribution in [-0.4, -0.2) is 5.11 Å². The lowest BCUT2D eigenvalue weighted by atomic mass is 10.00. The maximum absolute atomic E-state index is 10.4. The highest BCUT2D eigenvalue weighted by Crippen LogP contribution is 2.34. The topological polar surface area (TPSA) is 20.2 Å². The molecule has 0 saturated carbocycles. The molecule has 4 heteroatoms. The largest absolute Gasteiger partial charge is 0.384 e. The number of aliphatic hydroxyl groups is 1. The van der Waals surface area contributed by atoms with Crippen LogP contribution in [0.4, 0.5) is 0 Å². The zero-order valence-corrected chi connectivity index (χ0v) is 11.9. The van der Waals surface area contributed by atoms with Gasteiger partial charge in [0.25, 0.3) is 0 Å². The third-order valence-corrected chi connectivity index (χ3v) is 3.86. The van der Waals surface area contributed by atoms with E-state index in [1.807, 2.05) is 19.1 Å². The van der Waals surface area contributed by atoms with Crippen molar-refractivity contribution in [2.24, 2.45) is 0 Å². The molecule has 0 aromatic heterocycles. The minimum atomic E-state index is -0.886. The van der Waals surface area contributed by atoms with E-state index in [-0.39, 0.29) is 0 Å². The molecule has 0 fully saturated rings. The SMILES string of the molecule is Cc1cccc(C(O)c2cc(Cl)ccc2Cl)c1Cl. The van der Waals surface area contributed by atoms with Gasteiger partial charge in [-0.05, 0) is 30.7 Å². The van der Waals surface area contributed by atoms with E-state index in [2.05, 4.69) is 0 Å². The minimum absolute atomic E-state index is 0.462. The molecule has 0 aliphatic carbocycles. The van der Waals surface area contributed by atoms with E-state index in [0.717, 1.165) is 5.56 Å². The predicted octanol–water partition coefficient (Wildman–Crippen LogP) is 5.04. The molecular formula is C14H11Cl3O. The van der Waals surface area contributed by atoms with Crippen LogP contribution in [0, 0.1) is 6.92 Å². The first kappa shape index (κ1) is 13.7. The Morgan fingerprint density at radius 3 is 2.44 bits per heavy atom. The lowest BCUT2D eigenvalue weighted by molar-refractivity contribution is 0.220. The van der Waals surface area contributed by atoms with Crippen molar-refractivity contribution in [1.82, 2.24) is 0 Å². The Bertz CT molecular complexity index is 579. The molecule has 2 rings (SSSR count). The lowest BCUT2D eigenvalue weighted by Gasteiger charge is -2.16. The Labute approximate surface area is 121 Å². The summed E-state index contributed by atoms with van der Waals surface area (Å²) in [6, 6.07) is 10.5. The molecule has 0 bridgehead atoms. The zero-order valence-electron chi connectivity index (χ0n) is 9.62. The molecule has 1 unspecified atom stereocenters. The number of aliphatic hydroxyl groups excluding tert-OH is 1. The summed E-state index contributed by atoms with van der Waals surface area (Å²) in [4.78, 5) is 0. The maximum atomic E-state index is 10.4. The van der Waals surface area contributed by atoms with Crippen molar-refractivity contribution in [3.05, 3.63) is 68.2 Å². The van der Waals surface area contributed by atoms with Crippen LogP contribution in [0.5, 0.6) is 0 Å². The number of halogens is 3. The normalized spacial score (nSPS) is 12.5. The summed E-state index contributed by atoms with van der Waals surface area (Å²) in [5, 5.41) is 11.9. The fourth-order valence-electron chi connectivity index (χ4n) is 1.77. The molecule has 0 aliphatic heterocycles. The molecule has 1 N–H and O–H groups in total. The van der Waals surface area contributed by atoms with E-state index in [1.54, 1.807) is 24.3 Å². The number of benzene rings is 2. The Hall–Kier alpha value is -0.730. The van der Waals surface area contributed by atoms with Gasteiger partial charge in [0, 0.05) is 26.2 Å². The number of rotatable bonds is 2. The van der Waals surface area contributed by atoms with Gasteiger partial charge >= 0.3 is 0 Å². The second-order valence-electron chi connectivity index (χ2n) is 4.05. The number of hydrogen-bond acceptors (Lipinski definition) is 1. The smallest absolute Gasteiger partial charge is 0.107 e. The van der Waals surface area contributed by atoms with Crippen LogP contribution in [0.1, 0.15) is 22.8 Å². The molecular weight excluding hydrogens is 291 g/mol. The van der Waals surface area contributed by atoms with E-state index in [4.69, 9.17) is 34.8 Å². The summed E-state index contributed by atoms with van der Waals surface area (Å²) in [7, 11) is 0. The Morgan fingerprint density at radius 2 is 1.72 bits per heavy atom. The summed E-state index contributed by atoms with van der Waals surface area (Å²) < 4.78 is 0. The van der Waals surface area contributed by atoms with Gasteiger partial charge in [-0.3, -0.25) is 0 Å². The first-order valence-electron chi connectivity index (χ1n) is 5.38. The zero-order chi connectivity index (χ0) is 13.3. The minimum Gasteiger partial charge on any atom is -0.384 e. The molecule has 0 amide bonds. The summed E-state index contributed by atoms with van der Waals surface area (Å²) >= 11 is 18.2. The summed E-state index contributed by atoms with van der Waals surface area (Å²) in [5.74, 6) is 0. The fourth-order valence-corrected chi connectivity index (χ4v) is 2.40. The van der Waals surface area contributed by atoms with Gasteiger partial charge in [0.05, 0.1) is 0 Å². The van der Waals surface area contributed by atoms with Gasteiger partial charge in [-0.25, -0.2) is 0 Å². The van der Waals surface area contributed by atoms with Crippen molar-refractivity contribution in [3.8, 4) is 0 Å². The predicted molar refractivity (Wildman–Crippen MR) is 76.7 cm³/mol. The third kappa shape index (κ3) is 2.65. The van der Waals surface area contributed by atoms with Crippen molar-refractivity contribution < 1.29 is 5.11 Å². The summed E-state index contributed by atoms with van der Waals surface area (Å²) in [6.07, 6.45) is -0.886. The van der Waals surface area contributed by atoms with Gasteiger partial charge in [-0.15, -0.1) is 0 Å². The second-order valence-corrected chi connectivity index (χ2v) is 5.27. The quantitative estimate of drug-likeness (QED) is 0.824. The number of hydrogen-bond donors (Lipinski definition) is 1. The van der Waals surface area contributed by atoms with E-state index in [0.29, 0.717) is 26.2 Å². The molecule has 94 valence electrons.